The molecule has 4 rings (SSSR count). The Balaban J connectivity index is 1.28. The number of carbonyl (C=O) groups is 2. The quantitative estimate of drug-likeness (QED) is 0.812. The molecular formula is C21H24FN3O3S. The number of H-pyrrole nitrogens is 1. The Kier molecular flexibility index (Phi) is 6.20. The summed E-state index contributed by atoms with van der Waals surface area (Å²) in [7, 11) is 0. The minimum Gasteiger partial charge on any atom is -0.378 e. The van der Waals surface area contributed by atoms with Crippen LogP contribution in [0.4, 0.5) is 4.39 Å². The molecule has 1 N–H and O–H groups in total. The van der Waals surface area contributed by atoms with E-state index in [1.54, 1.807) is 11.0 Å². The predicted molar refractivity (Wildman–Crippen MR) is 112 cm³/mol. The highest BCUT2D eigenvalue weighted by molar-refractivity contribution is 8.00. The van der Waals surface area contributed by atoms with Crippen molar-refractivity contribution in [3.8, 4) is 0 Å². The van der Waals surface area contributed by atoms with Crippen molar-refractivity contribution in [2.24, 2.45) is 0 Å². The molecule has 8 heteroatoms. The van der Waals surface area contributed by atoms with E-state index < -0.39 is 0 Å². The Bertz CT molecular complexity index is 936. The van der Waals surface area contributed by atoms with Gasteiger partial charge in [0.05, 0.1) is 24.7 Å². The molecule has 1 aromatic carbocycles. The minimum atomic E-state index is -0.259. The van der Waals surface area contributed by atoms with Crippen LogP contribution >= 0.6 is 11.8 Å². The lowest BCUT2D eigenvalue weighted by Crippen LogP contribution is -2.42. The van der Waals surface area contributed by atoms with Crippen LogP contribution in [0.1, 0.15) is 12.0 Å². The molecule has 0 radical (unpaired) electrons. The number of carbonyl (C=O) groups excluding carboxylic acids is 2. The average Bonchev–Trinajstić information content (AvgIpc) is 3.17. The summed E-state index contributed by atoms with van der Waals surface area (Å²) < 4.78 is 18.6. The highest BCUT2D eigenvalue weighted by Crippen LogP contribution is 2.29. The van der Waals surface area contributed by atoms with E-state index in [9.17, 15) is 14.0 Å². The van der Waals surface area contributed by atoms with Gasteiger partial charge < -0.3 is 19.5 Å². The first-order valence-corrected chi connectivity index (χ1v) is 10.9. The van der Waals surface area contributed by atoms with Gasteiger partial charge in [0.1, 0.15) is 5.82 Å². The zero-order chi connectivity index (χ0) is 20.2. The van der Waals surface area contributed by atoms with Gasteiger partial charge in [-0.25, -0.2) is 4.39 Å². The lowest BCUT2D eigenvalue weighted by Gasteiger charge is -2.28. The number of hydrogen-bond donors (Lipinski definition) is 1. The summed E-state index contributed by atoms with van der Waals surface area (Å²) in [6, 6.07) is 4.75. The average molecular weight is 418 g/mol. The van der Waals surface area contributed by atoms with Crippen LogP contribution in [0.2, 0.25) is 0 Å². The lowest BCUT2D eigenvalue weighted by molar-refractivity contribution is -0.132. The fraction of sp³-hybridized carbons (Fsp3) is 0.429. The van der Waals surface area contributed by atoms with Gasteiger partial charge >= 0.3 is 0 Å². The van der Waals surface area contributed by atoms with Gasteiger partial charge in [-0.2, -0.15) is 0 Å². The number of rotatable bonds is 5. The monoisotopic (exact) mass is 417 g/mol. The number of thioether (sulfide) groups is 1. The number of nitrogens with one attached hydrogen (secondary N) is 1. The highest BCUT2D eigenvalue weighted by atomic mass is 32.2. The molecule has 0 saturated carbocycles. The van der Waals surface area contributed by atoms with Crippen LogP contribution in [-0.2, 0) is 14.3 Å². The third-order valence-electron chi connectivity index (χ3n) is 5.37. The van der Waals surface area contributed by atoms with E-state index >= 15 is 0 Å². The number of amides is 2. The highest BCUT2D eigenvalue weighted by Gasteiger charge is 2.21. The van der Waals surface area contributed by atoms with Crippen molar-refractivity contribution in [1.29, 1.82) is 0 Å². The second-order valence-electron chi connectivity index (χ2n) is 7.20. The number of ether oxygens (including phenoxy) is 1. The number of benzene rings is 1. The Morgan fingerprint density at radius 1 is 1.10 bits per heavy atom. The summed E-state index contributed by atoms with van der Waals surface area (Å²) in [6.07, 6.45) is 4.73. The molecule has 6 nitrogen and oxygen atoms in total. The van der Waals surface area contributed by atoms with Gasteiger partial charge in [0, 0.05) is 48.8 Å². The summed E-state index contributed by atoms with van der Waals surface area (Å²) >= 11 is 1.37. The van der Waals surface area contributed by atoms with E-state index in [1.165, 1.54) is 29.5 Å². The molecule has 2 aliphatic heterocycles. The van der Waals surface area contributed by atoms with Gasteiger partial charge in [0.2, 0.25) is 11.8 Å². The molecule has 2 aromatic rings. The number of hydrogen-bond acceptors (Lipinski definition) is 4. The standard InChI is InChI=1S/C21H24FN3O3S/c22-16-1-2-17-18(12-23-19(17)11-16)15-3-5-24(6-4-15)20(26)13-29-14-21(27)25-7-9-28-10-8-25/h1-3,11-12,23H,4-10,13-14H2. The fourth-order valence-electron chi connectivity index (χ4n) is 3.73. The second kappa shape index (κ2) is 9.00. The fourth-order valence-corrected chi connectivity index (χ4v) is 4.54. The predicted octanol–water partition coefficient (Wildman–Crippen LogP) is 2.51. The zero-order valence-electron chi connectivity index (χ0n) is 16.2. The van der Waals surface area contributed by atoms with Crippen LogP contribution < -0.4 is 0 Å². The largest absolute Gasteiger partial charge is 0.378 e. The second-order valence-corrected chi connectivity index (χ2v) is 8.18. The lowest BCUT2D eigenvalue weighted by atomic mass is 9.99. The Labute approximate surface area is 173 Å². The third kappa shape index (κ3) is 4.64. The summed E-state index contributed by atoms with van der Waals surface area (Å²) in [5.41, 5.74) is 3.01. The van der Waals surface area contributed by atoms with E-state index in [0.717, 1.165) is 22.9 Å². The smallest absolute Gasteiger partial charge is 0.232 e. The Hall–Kier alpha value is -2.32. The SMILES string of the molecule is O=C(CSCC(=O)N1CCOCC1)N1CC=C(c2c[nH]c3cc(F)ccc23)CC1. The van der Waals surface area contributed by atoms with Crippen LogP contribution in [0.5, 0.6) is 0 Å². The molecule has 0 bridgehead atoms. The number of morpholine rings is 1. The Morgan fingerprint density at radius 2 is 1.86 bits per heavy atom. The molecule has 1 saturated heterocycles. The van der Waals surface area contributed by atoms with E-state index in [4.69, 9.17) is 4.74 Å². The maximum absolute atomic E-state index is 13.4. The van der Waals surface area contributed by atoms with Crippen molar-refractivity contribution in [1.82, 2.24) is 14.8 Å². The summed E-state index contributed by atoms with van der Waals surface area (Å²) in [4.78, 5) is 31.4. The van der Waals surface area contributed by atoms with E-state index in [1.807, 2.05) is 11.1 Å². The minimum absolute atomic E-state index is 0.0566. The van der Waals surface area contributed by atoms with Crippen molar-refractivity contribution in [2.75, 3.05) is 50.9 Å². The zero-order valence-corrected chi connectivity index (χ0v) is 17.0. The molecule has 0 spiro atoms. The molecule has 0 unspecified atom stereocenters. The molecule has 1 aromatic heterocycles. The molecule has 29 heavy (non-hydrogen) atoms. The van der Waals surface area contributed by atoms with Gasteiger partial charge in [0.25, 0.3) is 0 Å². The van der Waals surface area contributed by atoms with Crippen molar-refractivity contribution < 1.29 is 18.7 Å². The topological polar surface area (TPSA) is 65.6 Å². The van der Waals surface area contributed by atoms with E-state index in [0.29, 0.717) is 50.9 Å². The third-order valence-corrected chi connectivity index (χ3v) is 6.27. The van der Waals surface area contributed by atoms with Crippen molar-refractivity contribution >= 4 is 40.1 Å². The number of aromatic nitrogens is 1. The summed E-state index contributed by atoms with van der Waals surface area (Å²) in [5, 5.41) is 0.995. The normalized spacial score (nSPS) is 17.5. The molecule has 2 aliphatic rings. The number of nitrogens with zero attached hydrogens (tertiary/aromatic N) is 2. The van der Waals surface area contributed by atoms with Crippen LogP contribution in [0.25, 0.3) is 16.5 Å². The van der Waals surface area contributed by atoms with Gasteiger partial charge in [-0.15, -0.1) is 11.8 Å². The van der Waals surface area contributed by atoms with E-state index in [2.05, 4.69) is 11.1 Å². The summed E-state index contributed by atoms with van der Waals surface area (Å²) in [5.74, 6) is 0.506. The van der Waals surface area contributed by atoms with Gasteiger partial charge in [-0.3, -0.25) is 9.59 Å². The van der Waals surface area contributed by atoms with Crippen LogP contribution in [0, 0.1) is 5.82 Å². The maximum Gasteiger partial charge on any atom is 0.232 e. The first-order valence-electron chi connectivity index (χ1n) is 9.79. The molecule has 0 atom stereocenters. The molecule has 2 amide bonds. The number of aromatic amines is 1. The first kappa shape index (κ1) is 20.0. The number of fused-ring (bicyclic) bond motifs is 1. The van der Waals surface area contributed by atoms with Gasteiger partial charge in [0.15, 0.2) is 0 Å². The molecule has 154 valence electrons. The first-order chi connectivity index (χ1) is 14.1. The van der Waals surface area contributed by atoms with Crippen LogP contribution in [0.15, 0.2) is 30.5 Å². The van der Waals surface area contributed by atoms with Crippen molar-refractivity contribution in [3.05, 3.63) is 41.9 Å². The Morgan fingerprint density at radius 3 is 2.59 bits per heavy atom. The molecule has 3 heterocycles. The van der Waals surface area contributed by atoms with Gasteiger partial charge in [-0.05, 0) is 30.2 Å². The molecule has 0 aliphatic carbocycles. The van der Waals surface area contributed by atoms with Crippen LogP contribution in [-0.4, -0.2) is 77.5 Å². The van der Waals surface area contributed by atoms with Crippen molar-refractivity contribution in [3.63, 3.8) is 0 Å². The van der Waals surface area contributed by atoms with Crippen molar-refractivity contribution in [2.45, 2.75) is 6.42 Å². The summed E-state index contributed by atoms with van der Waals surface area (Å²) in [6.45, 7) is 3.64. The molecule has 1 fully saturated rings. The molecular weight excluding hydrogens is 393 g/mol. The van der Waals surface area contributed by atoms with E-state index in [-0.39, 0.29) is 17.6 Å². The maximum atomic E-state index is 13.4. The number of halogens is 1. The van der Waals surface area contributed by atoms with Gasteiger partial charge in [-0.1, -0.05) is 6.08 Å². The van der Waals surface area contributed by atoms with Crippen LogP contribution in [0.3, 0.4) is 0 Å².